The van der Waals surface area contributed by atoms with Crippen molar-refractivity contribution in [3.63, 3.8) is 0 Å². The first-order valence-corrected chi connectivity index (χ1v) is 9.72. The summed E-state index contributed by atoms with van der Waals surface area (Å²) in [5, 5.41) is 10.3. The van der Waals surface area contributed by atoms with Crippen LogP contribution in [0.25, 0.3) is 17.0 Å². The Morgan fingerprint density at radius 1 is 1.24 bits per heavy atom. The van der Waals surface area contributed by atoms with Crippen molar-refractivity contribution in [3.05, 3.63) is 60.3 Å². The van der Waals surface area contributed by atoms with E-state index in [0.29, 0.717) is 24.7 Å². The molecule has 7 nitrogen and oxygen atoms in total. The van der Waals surface area contributed by atoms with Crippen molar-refractivity contribution < 1.29 is 14.3 Å². The molecule has 0 bridgehead atoms. The molecule has 0 aliphatic carbocycles. The van der Waals surface area contributed by atoms with Crippen molar-refractivity contribution in [3.8, 4) is 0 Å². The molecule has 0 radical (unpaired) electrons. The Labute approximate surface area is 169 Å². The molecule has 1 N–H and O–H groups in total. The van der Waals surface area contributed by atoms with Gasteiger partial charge in [-0.3, -0.25) is 4.79 Å². The second kappa shape index (κ2) is 8.05. The van der Waals surface area contributed by atoms with Crippen molar-refractivity contribution in [2.75, 3.05) is 18.0 Å². The highest BCUT2D eigenvalue weighted by Gasteiger charge is 2.32. The number of carbonyl (C=O) groups is 1. The molecule has 29 heavy (non-hydrogen) atoms. The van der Waals surface area contributed by atoms with Gasteiger partial charge in [0.05, 0.1) is 0 Å². The van der Waals surface area contributed by atoms with Crippen LogP contribution in [0.15, 0.2) is 53.1 Å². The molecule has 3 heterocycles. The van der Waals surface area contributed by atoms with Crippen LogP contribution in [0.2, 0.25) is 0 Å². The van der Waals surface area contributed by atoms with Crippen LogP contribution >= 0.6 is 0 Å². The number of aromatic nitrogens is 2. The summed E-state index contributed by atoms with van der Waals surface area (Å²) in [7, 11) is 0. The van der Waals surface area contributed by atoms with Crippen LogP contribution in [0, 0.1) is 0 Å². The van der Waals surface area contributed by atoms with Crippen LogP contribution in [0.4, 0.5) is 5.82 Å². The quantitative estimate of drug-likeness (QED) is 0.688. The average Bonchev–Trinajstić information content (AvgIpc) is 3.14. The number of fused-ring (bicyclic) bond motifs is 1. The number of piperazine rings is 1. The molecule has 1 aliphatic heterocycles. The lowest BCUT2D eigenvalue weighted by Gasteiger charge is -2.44. The first-order valence-electron chi connectivity index (χ1n) is 9.72. The van der Waals surface area contributed by atoms with Crippen LogP contribution in [-0.4, -0.2) is 51.1 Å². The molecule has 3 aromatic rings. The molecule has 0 saturated carbocycles. The van der Waals surface area contributed by atoms with Crippen molar-refractivity contribution >= 4 is 28.8 Å². The van der Waals surface area contributed by atoms with E-state index in [1.54, 1.807) is 18.3 Å². The Bertz CT molecular complexity index is 1000. The second-order valence-electron chi connectivity index (χ2n) is 7.36. The summed E-state index contributed by atoms with van der Waals surface area (Å²) >= 11 is 0. The van der Waals surface area contributed by atoms with Gasteiger partial charge in [0.15, 0.2) is 5.82 Å². The largest absolute Gasteiger partial charge is 0.457 e. The van der Waals surface area contributed by atoms with Crippen LogP contribution in [0.5, 0.6) is 0 Å². The zero-order chi connectivity index (χ0) is 20.4. The molecule has 0 spiro atoms. The predicted octanol–water partition coefficient (Wildman–Crippen LogP) is 2.85. The lowest BCUT2D eigenvalue weighted by Crippen LogP contribution is -2.58. The zero-order valence-electron chi connectivity index (χ0n) is 16.5. The van der Waals surface area contributed by atoms with Crippen LogP contribution < -0.4 is 4.90 Å². The number of furan rings is 1. The maximum absolute atomic E-state index is 12.7. The summed E-state index contributed by atoms with van der Waals surface area (Å²) in [6, 6.07) is 11.7. The third kappa shape index (κ3) is 4.00. The van der Waals surface area contributed by atoms with Gasteiger partial charge >= 0.3 is 0 Å². The van der Waals surface area contributed by atoms with Gasteiger partial charge in [-0.05, 0) is 38.1 Å². The molecule has 1 aromatic carbocycles. The Kier molecular flexibility index (Phi) is 5.31. The Morgan fingerprint density at radius 3 is 2.72 bits per heavy atom. The number of para-hydroxylation sites is 1. The zero-order valence-corrected chi connectivity index (χ0v) is 16.5. The van der Waals surface area contributed by atoms with Crippen LogP contribution in [-0.2, 0) is 11.4 Å². The smallest absolute Gasteiger partial charge is 0.246 e. The molecule has 1 aliphatic rings. The van der Waals surface area contributed by atoms with Gasteiger partial charge in [-0.1, -0.05) is 18.2 Å². The van der Waals surface area contributed by atoms with E-state index >= 15 is 0 Å². The number of rotatable bonds is 4. The topological polar surface area (TPSA) is 82.7 Å². The van der Waals surface area contributed by atoms with Gasteiger partial charge in [-0.2, -0.15) is 0 Å². The van der Waals surface area contributed by atoms with Crippen LogP contribution in [0.1, 0.15) is 25.4 Å². The molecule has 2 unspecified atom stereocenters. The highest BCUT2D eigenvalue weighted by Crippen LogP contribution is 2.24. The summed E-state index contributed by atoms with van der Waals surface area (Å²) in [5.74, 6) is 1.79. The fourth-order valence-electron chi connectivity index (χ4n) is 3.91. The predicted molar refractivity (Wildman–Crippen MR) is 111 cm³/mol. The minimum absolute atomic E-state index is 0.0393. The van der Waals surface area contributed by atoms with E-state index < -0.39 is 0 Å². The van der Waals surface area contributed by atoms with E-state index in [2.05, 4.69) is 28.7 Å². The average molecular weight is 392 g/mol. The first kappa shape index (κ1) is 19.1. The van der Waals surface area contributed by atoms with Gasteiger partial charge in [0, 0.05) is 42.8 Å². The fraction of sp³-hybridized carbons (Fsp3) is 0.318. The summed E-state index contributed by atoms with van der Waals surface area (Å²) in [4.78, 5) is 25.2. The van der Waals surface area contributed by atoms with E-state index in [1.165, 1.54) is 0 Å². The van der Waals surface area contributed by atoms with E-state index in [1.807, 2.05) is 41.3 Å². The molecule has 1 amide bonds. The number of carbonyl (C=O) groups excluding carboxylic acids is 1. The lowest BCUT2D eigenvalue weighted by molar-refractivity contribution is -0.127. The van der Waals surface area contributed by atoms with Crippen molar-refractivity contribution in [2.45, 2.75) is 32.5 Å². The Hall–Kier alpha value is -3.19. The lowest BCUT2D eigenvalue weighted by atomic mass is 10.1. The maximum atomic E-state index is 12.7. The highest BCUT2D eigenvalue weighted by atomic mass is 16.3. The molecule has 7 heteroatoms. The summed E-state index contributed by atoms with van der Waals surface area (Å²) in [6.07, 6.45) is 4.95. The molecule has 1 fully saturated rings. The van der Waals surface area contributed by atoms with Gasteiger partial charge < -0.3 is 19.3 Å². The van der Waals surface area contributed by atoms with E-state index in [9.17, 15) is 9.90 Å². The normalized spacial score (nSPS) is 20.0. The van der Waals surface area contributed by atoms with Crippen molar-refractivity contribution in [1.82, 2.24) is 14.9 Å². The summed E-state index contributed by atoms with van der Waals surface area (Å²) in [6.45, 7) is 5.12. The minimum atomic E-state index is -0.193. The van der Waals surface area contributed by atoms with E-state index in [-0.39, 0.29) is 24.6 Å². The number of aliphatic hydroxyl groups is 1. The van der Waals surface area contributed by atoms with Gasteiger partial charge in [-0.25, -0.2) is 9.97 Å². The monoisotopic (exact) mass is 392 g/mol. The number of hydrogen-bond acceptors (Lipinski definition) is 6. The Morgan fingerprint density at radius 2 is 2.00 bits per heavy atom. The molecule has 1 saturated heterocycles. The Balaban J connectivity index is 1.45. The third-order valence-electron chi connectivity index (χ3n) is 5.16. The molecule has 2 atom stereocenters. The summed E-state index contributed by atoms with van der Waals surface area (Å²) < 4.78 is 5.74. The fourth-order valence-corrected chi connectivity index (χ4v) is 3.91. The van der Waals surface area contributed by atoms with E-state index in [4.69, 9.17) is 4.42 Å². The SMILES string of the molecule is CC1CN(C(=O)/C=C/c2cc3ccccc3o2)CC(C)N1c1ccnc(CO)n1. The number of aliphatic hydroxyl groups excluding tert-OH is 1. The molecular formula is C22H24N4O3. The minimum Gasteiger partial charge on any atom is -0.457 e. The third-order valence-corrected chi connectivity index (χ3v) is 5.16. The number of benzene rings is 1. The first-order chi connectivity index (χ1) is 14.0. The number of anilines is 1. The summed E-state index contributed by atoms with van der Waals surface area (Å²) in [5.41, 5.74) is 0.808. The maximum Gasteiger partial charge on any atom is 0.246 e. The molecule has 150 valence electrons. The van der Waals surface area contributed by atoms with Gasteiger partial charge in [-0.15, -0.1) is 0 Å². The van der Waals surface area contributed by atoms with Gasteiger partial charge in [0.1, 0.15) is 23.8 Å². The van der Waals surface area contributed by atoms with E-state index in [0.717, 1.165) is 16.8 Å². The van der Waals surface area contributed by atoms with Crippen molar-refractivity contribution in [1.29, 1.82) is 0 Å². The van der Waals surface area contributed by atoms with Gasteiger partial charge in [0.2, 0.25) is 5.91 Å². The molecular weight excluding hydrogens is 368 g/mol. The number of hydrogen-bond donors (Lipinski definition) is 1. The van der Waals surface area contributed by atoms with Crippen molar-refractivity contribution in [2.24, 2.45) is 0 Å². The second-order valence-corrected chi connectivity index (χ2v) is 7.36. The standard InChI is InChI=1S/C22H24N4O3/c1-15-12-25(13-16(2)26(15)21-9-10-23-20(14-27)24-21)22(28)8-7-18-11-17-5-3-4-6-19(17)29-18/h3-11,15-16,27H,12-14H2,1-2H3/b8-7+. The number of amides is 1. The number of nitrogens with zero attached hydrogens (tertiary/aromatic N) is 4. The molecule has 2 aromatic heterocycles. The highest BCUT2D eigenvalue weighted by molar-refractivity contribution is 5.92. The van der Waals surface area contributed by atoms with Gasteiger partial charge in [0.25, 0.3) is 0 Å². The van der Waals surface area contributed by atoms with Crippen LogP contribution in [0.3, 0.4) is 0 Å². The molecule has 4 rings (SSSR count).